The molecule has 2 aromatic heterocycles. The van der Waals surface area contributed by atoms with Crippen molar-refractivity contribution in [3.8, 4) is 0 Å². The Labute approximate surface area is 113 Å². The van der Waals surface area contributed by atoms with E-state index < -0.39 is 0 Å². The molecule has 0 saturated heterocycles. The quantitative estimate of drug-likeness (QED) is 0.785. The summed E-state index contributed by atoms with van der Waals surface area (Å²) >= 11 is 2.88. The summed E-state index contributed by atoms with van der Waals surface area (Å²) in [6.07, 6.45) is 0. The molecule has 2 heterocycles. The lowest BCUT2D eigenvalue weighted by Gasteiger charge is -2.01. The monoisotopic (exact) mass is 282 g/mol. The summed E-state index contributed by atoms with van der Waals surface area (Å²) in [6, 6.07) is 1.98. The summed E-state index contributed by atoms with van der Waals surface area (Å²) < 4.78 is 0. The van der Waals surface area contributed by atoms with Crippen LogP contribution in [0.25, 0.3) is 0 Å². The van der Waals surface area contributed by atoms with Gasteiger partial charge in [-0.3, -0.25) is 4.79 Å². The van der Waals surface area contributed by atoms with E-state index in [-0.39, 0.29) is 11.7 Å². The van der Waals surface area contributed by atoms with Gasteiger partial charge in [0.15, 0.2) is 5.13 Å². The van der Waals surface area contributed by atoms with E-state index in [1.54, 1.807) is 11.3 Å². The standard InChI is InChI=1S/C11H14N4OS2/c1-2-13-11-15-9(12)8(18-11)10(16)14-5-7-3-4-17-6-7/h3-4,6H,2,5,12H2,1H3,(H,13,15)(H,14,16). The first kappa shape index (κ1) is 12.8. The molecule has 0 spiro atoms. The molecule has 2 rings (SSSR count). The number of nitrogen functional groups attached to an aromatic ring is 1. The number of thiophene rings is 1. The zero-order chi connectivity index (χ0) is 13.0. The Morgan fingerprint density at radius 1 is 1.56 bits per heavy atom. The fourth-order valence-corrected chi connectivity index (χ4v) is 2.91. The van der Waals surface area contributed by atoms with Gasteiger partial charge in [0.25, 0.3) is 5.91 Å². The number of carbonyl (C=O) groups excluding carboxylic acids is 1. The molecule has 5 nitrogen and oxygen atoms in total. The number of amides is 1. The number of carbonyl (C=O) groups is 1. The van der Waals surface area contributed by atoms with Crippen LogP contribution in [-0.2, 0) is 6.54 Å². The highest BCUT2D eigenvalue weighted by Crippen LogP contribution is 2.24. The van der Waals surface area contributed by atoms with Crippen molar-refractivity contribution in [3.05, 3.63) is 27.3 Å². The molecule has 1 amide bonds. The Morgan fingerprint density at radius 2 is 2.39 bits per heavy atom. The molecule has 4 N–H and O–H groups in total. The van der Waals surface area contributed by atoms with Gasteiger partial charge < -0.3 is 16.4 Å². The molecule has 0 aliphatic heterocycles. The van der Waals surface area contributed by atoms with Crippen LogP contribution in [0, 0.1) is 0 Å². The van der Waals surface area contributed by atoms with Crippen molar-refractivity contribution < 1.29 is 4.79 Å². The smallest absolute Gasteiger partial charge is 0.265 e. The van der Waals surface area contributed by atoms with Crippen LogP contribution in [0.5, 0.6) is 0 Å². The van der Waals surface area contributed by atoms with Gasteiger partial charge in [-0.2, -0.15) is 11.3 Å². The van der Waals surface area contributed by atoms with Crippen molar-refractivity contribution in [1.82, 2.24) is 10.3 Å². The molecule has 0 aliphatic rings. The highest BCUT2D eigenvalue weighted by atomic mass is 32.1. The van der Waals surface area contributed by atoms with Crippen LogP contribution in [-0.4, -0.2) is 17.4 Å². The fourth-order valence-electron chi connectivity index (χ4n) is 1.38. The number of rotatable bonds is 5. The highest BCUT2D eigenvalue weighted by molar-refractivity contribution is 7.18. The highest BCUT2D eigenvalue weighted by Gasteiger charge is 2.15. The minimum Gasteiger partial charge on any atom is -0.382 e. The van der Waals surface area contributed by atoms with E-state index in [1.165, 1.54) is 11.3 Å². The van der Waals surface area contributed by atoms with E-state index in [0.717, 1.165) is 12.1 Å². The molecule has 0 saturated carbocycles. The summed E-state index contributed by atoms with van der Waals surface area (Å²) in [5, 5.41) is 10.5. The molecular formula is C11H14N4OS2. The van der Waals surface area contributed by atoms with Gasteiger partial charge in [0, 0.05) is 13.1 Å². The predicted octanol–water partition coefficient (Wildman–Crippen LogP) is 2.15. The van der Waals surface area contributed by atoms with Gasteiger partial charge in [-0.25, -0.2) is 4.98 Å². The van der Waals surface area contributed by atoms with Crippen LogP contribution in [0.15, 0.2) is 16.8 Å². The summed E-state index contributed by atoms with van der Waals surface area (Å²) in [6.45, 7) is 3.23. The molecular weight excluding hydrogens is 268 g/mol. The molecule has 0 unspecified atom stereocenters. The second-order valence-corrected chi connectivity index (χ2v) is 5.36. The van der Waals surface area contributed by atoms with Crippen LogP contribution in [0.3, 0.4) is 0 Å². The van der Waals surface area contributed by atoms with Crippen molar-refractivity contribution in [2.45, 2.75) is 13.5 Å². The van der Waals surface area contributed by atoms with E-state index >= 15 is 0 Å². The Bertz CT molecular complexity index is 521. The van der Waals surface area contributed by atoms with Gasteiger partial charge in [-0.05, 0) is 29.3 Å². The molecule has 96 valence electrons. The van der Waals surface area contributed by atoms with Crippen LogP contribution >= 0.6 is 22.7 Å². The first-order valence-electron chi connectivity index (χ1n) is 5.50. The lowest BCUT2D eigenvalue weighted by Crippen LogP contribution is -2.22. The molecule has 0 aromatic carbocycles. The van der Waals surface area contributed by atoms with E-state index in [9.17, 15) is 4.79 Å². The van der Waals surface area contributed by atoms with Crippen molar-refractivity contribution in [2.75, 3.05) is 17.6 Å². The number of nitrogens with one attached hydrogen (secondary N) is 2. The molecule has 18 heavy (non-hydrogen) atoms. The van der Waals surface area contributed by atoms with Crippen molar-refractivity contribution in [1.29, 1.82) is 0 Å². The Kier molecular flexibility index (Phi) is 4.16. The van der Waals surface area contributed by atoms with E-state index in [0.29, 0.717) is 16.6 Å². The topological polar surface area (TPSA) is 80.0 Å². The molecule has 0 aliphatic carbocycles. The number of nitrogens with two attached hydrogens (primary N) is 1. The van der Waals surface area contributed by atoms with Gasteiger partial charge in [0.1, 0.15) is 10.7 Å². The lowest BCUT2D eigenvalue weighted by atomic mass is 10.3. The van der Waals surface area contributed by atoms with Gasteiger partial charge in [0.05, 0.1) is 0 Å². The minimum absolute atomic E-state index is 0.180. The fraction of sp³-hybridized carbons (Fsp3) is 0.273. The number of hydrogen-bond donors (Lipinski definition) is 3. The van der Waals surface area contributed by atoms with Crippen molar-refractivity contribution >= 4 is 39.5 Å². The van der Waals surface area contributed by atoms with Gasteiger partial charge in [-0.15, -0.1) is 0 Å². The van der Waals surface area contributed by atoms with E-state index in [4.69, 9.17) is 5.73 Å². The molecule has 0 bridgehead atoms. The molecule has 0 fully saturated rings. The van der Waals surface area contributed by atoms with Gasteiger partial charge in [-0.1, -0.05) is 11.3 Å². The number of anilines is 2. The molecule has 0 atom stereocenters. The van der Waals surface area contributed by atoms with Crippen LogP contribution in [0.2, 0.25) is 0 Å². The molecule has 7 heteroatoms. The Morgan fingerprint density at radius 3 is 3.06 bits per heavy atom. The molecule has 2 aromatic rings. The third-order valence-corrected chi connectivity index (χ3v) is 3.98. The van der Waals surface area contributed by atoms with Gasteiger partial charge in [0.2, 0.25) is 0 Å². The van der Waals surface area contributed by atoms with Crippen LogP contribution in [0.4, 0.5) is 10.9 Å². The first-order valence-corrected chi connectivity index (χ1v) is 7.26. The number of hydrogen-bond acceptors (Lipinski definition) is 6. The van der Waals surface area contributed by atoms with Crippen molar-refractivity contribution in [3.63, 3.8) is 0 Å². The number of nitrogens with zero attached hydrogens (tertiary/aromatic N) is 1. The Hall–Kier alpha value is -1.60. The maximum atomic E-state index is 11.9. The lowest BCUT2D eigenvalue weighted by molar-refractivity contribution is 0.0955. The summed E-state index contributed by atoms with van der Waals surface area (Å²) in [5.41, 5.74) is 6.81. The normalized spacial score (nSPS) is 10.3. The second kappa shape index (κ2) is 5.83. The van der Waals surface area contributed by atoms with Crippen LogP contribution < -0.4 is 16.4 Å². The largest absolute Gasteiger partial charge is 0.382 e. The second-order valence-electron chi connectivity index (χ2n) is 3.58. The number of aromatic nitrogens is 1. The van der Waals surface area contributed by atoms with Gasteiger partial charge >= 0.3 is 0 Å². The molecule has 0 radical (unpaired) electrons. The van der Waals surface area contributed by atoms with E-state index in [1.807, 2.05) is 23.8 Å². The zero-order valence-corrected chi connectivity index (χ0v) is 11.5. The average Bonchev–Trinajstić information content (AvgIpc) is 2.96. The average molecular weight is 282 g/mol. The third-order valence-electron chi connectivity index (χ3n) is 2.22. The third kappa shape index (κ3) is 2.99. The van der Waals surface area contributed by atoms with Crippen LogP contribution in [0.1, 0.15) is 22.2 Å². The van der Waals surface area contributed by atoms with Crippen molar-refractivity contribution in [2.24, 2.45) is 0 Å². The SMILES string of the molecule is CCNc1nc(N)c(C(=O)NCc2ccsc2)s1. The minimum atomic E-state index is -0.180. The Balaban J connectivity index is 2.00. The summed E-state index contributed by atoms with van der Waals surface area (Å²) in [7, 11) is 0. The van der Waals surface area contributed by atoms with E-state index in [2.05, 4.69) is 15.6 Å². The zero-order valence-electron chi connectivity index (χ0n) is 9.90. The number of thiazole rings is 1. The maximum Gasteiger partial charge on any atom is 0.265 e. The predicted molar refractivity (Wildman–Crippen MR) is 76.2 cm³/mol. The summed E-state index contributed by atoms with van der Waals surface area (Å²) in [4.78, 5) is 16.5. The summed E-state index contributed by atoms with van der Waals surface area (Å²) in [5.74, 6) is 0.0964. The maximum absolute atomic E-state index is 11.9. The first-order chi connectivity index (χ1) is 8.70.